The number of methoxy groups -OCH3 is 1. The van der Waals surface area contributed by atoms with Crippen molar-refractivity contribution < 1.29 is 13.9 Å². The van der Waals surface area contributed by atoms with Crippen LogP contribution in [0.1, 0.15) is 35.9 Å². The zero-order chi connectivity index (χ0) is 15.7. The number of fused-ring (bicyclic) bond motifs is 1. The largest absolute Gasteiger partial charge is 0.378 e. The van der Waals surface area contributed by atoms with Crippen molar-refractivity contribution in [2.24, 2.45) is 0 Å². The van der Waals surface area contributed by atoms with Crippen LogP contribution in [0.25, 0.3) is 10.1 Å². The molecule has 118 valence electrons. The average Bonchev–Trinajstić information content (AvgIpc) is 2.82. The minimum Gasteiger partial charge on any atom is -0.378 e. The normalized spacial score (nSPS) is 22.8. The number of ether oxygens (including phenoxy) is 1. The van der Waals surface area contributed by atoms with Crippen molar-refractivity contribution in [3.05, 3.63) is 35.0 Å². The standard InChI is InChI=1S/C17H20FNO2S/c1-17(21-2)6-3-8-19(9-7-17)16(20)15-11-12-10-13(18)4-5-14(12)22-15/h4-5,10-11H,3,6-9H2,1-2H3/t17-/m1/s1. The first-order valence-electron chi connectivity index (χ1n) is 7.54. The lowest BCUT2D eigenvalue weighted by Crippen LogP contribution is -2.33. The molecule has 1 atom stereocenters. The number of hydrogen-bond donors (Lipinski definition) is 0. The quantitative estimate of drug-likeness (QED) is 0.834. The molecule has 0 bridgehead atoms. The van der Waals surface area contributed by atoms with Crippen LogP contribution in [-0.4, -0.2) is 36.6 Å². The van der Waals surface area contributed by atoms with Gasteiger partial charge in [-0.2, -0.15) is 0 Å². The van der Waals surface area contributed by atoms with Gasteiger partial charge in [0.25, 0.3) is 5.91 Å². The van der Waals surface area contributed by atoms with Crippen LogP contribution in [0.15, 0.2) is 24.3 Å². The third-order valence-corrected chi connectivity index (χ3v) is 5.62. The number of carbonyl (C=O) groups is 1. The lowest BCUT2D eigenvalue weighted by molar-refractivity contribution is -0.00536. The molecule has 0 unspecified atom stereocenters. The van der Waals surface area contributed by atoms with Gasteiger partial charge in [-0.15, -0.1) is 11.3 Å². The number of nitrogens with zero attached hydrogens (tertiary/aromatic N) is 1. The van der Waals surface area contributed by atoms with Crippen molar-refractivity contribution in [3.63, 3.8) is 0 Å². The van der Waals surface area contributed by atoms with Gasteiger partial charge in [-0.3, -0.25) is 4.79 Å². The van der Waals surface area contributed by atoms with Crippen LogP contribution in [-0.2, 0) is 4.74 Å². The third kappa shape index (κ3) is 3.01. The maximum Gasteiger partial charge on any atom is 0.263 e. The van der Waals surface area contributed by atoms with Crippen LogP contribution >= 0.6 is 11.3 Å². The molecule has 1 aliphatic heterocycles. The number of carbonyl (C=O) groups excluding carboxylic acids is 1. The van der Waals surface area contributed by atoms with E-state index in [1.807, 2.05) is 4.90 Å². The van der Waals surface area contributed by atoms with E-state index in [0.29, 0.717) is 11.4 Å². The van der Waals surface area contributed by atoms with Gasteiger partial charge >= 0.3 is 0 Å². The van der Waals surface area contributed by atoms with Crippen LogP contribution in [0.2, 0.25) is 0 Å². The fourth-order valence-corrected chi connectivity index (χ4v) is 3.95. The Labute approximate surface area is 133 Å². The van der Waals surface area contributed by atoms with E-state index >= 15 is 0 Å². The zero-order valence-electron chi connectivity index (χ0n) is 12.9. The molecule has 5 heteroatoms. The lowest BCUT2D eigenvalue weighted by atomic mass is 9.97. The molecule has 1 saturated heterocycles. The molecule has 1 aliphatic rings. The van der Waals surface area contributed by atoms with Crippen molar-refractivity contribution in [2.75, 3.05) is 20.2 Å². The number of likely N-dealkylation sites (tertiary alicyclic amines) is 1. The van der Waals surface area contributed by atoms with E-state index in [0.717, 1.165) is 35.9 Å². The Morgan fingerprint density at radius 3 is 2.91 bits per heavy atom. The maximum atomic E-state index is 13.3. The summed E-state index contributed by atoms with van der Waals surface area (Å²) in [6.45, 7) is 3.55. The smallest absolute Gasteiger partial charge is 0.263 e. The summed E-state index contributed by atoms with van der Waals surface area (Å²) in [5.41, 5.74) is -0.141. The predicted octanol–water partition coefficient (Wildman–Crippen LogP) is 4.07. The van der Waals surface area contributed by atoms with Crippen molar-refractivity contribution in [3.8, 4) is 0 Å². The molecule has 0 saturated carbocycles. The Balaban J connectivity index is 1.80. The predicted molar refractivity (Wildman–Crippen MR) is 87.0 cm³/mol. The number of benzene rings is 1. The molecule has 22 heavy (non-hydrogen) atoms. The number of thiophene rings is 1. The second kappa shape index (κ2) is 5.97. The summed E-state index contributed by atoms with van der Waals surface area (Å²) in [5, 5.41) is 0.796. The molecule has 0 aliphatic carbocycles. The molecule has 1 aromatic heterocycles. The van der Waals surface area contributed by atoms with Gasteiger partial charge in [-0.05, 0) is 55.8 Å². The van der Waals surface area contributed by atoms with Gasteiger partial charge in [0, 0.05) is 24.9 Å². The Morgan fingerprint density at radius 2 is 2.14 bits per heavy atom. The number of amides is 1. The highest BCUT2D eigenvalue weighted by molar-refractivity contribution is 7.20. The van der Waals surface area contributed by atoms with E-state index in [9.17, 15) is 9.18 Å². The van der Waals surface area contributed by atoms with Gasteiger partial charge in [0.1, 0.15) is 5.82 Å². The van der Waals surface area contributed by atoms with Gasteiger partial charge in [0.05, 0.1) is 10.5 Å². The van der Waals surface area contributed by atoms with Gasteiger partial charge in [0.2, 0.25) is 0 Å². The maximum absolute atomic E-state index is 13.3. The van der Waals surface area contributed by atoms with Crippen LogP contribution < -0.4 is 0 Å². The van der Waals surface area contributed by atoms with Crippen molar-refractivity contribution in [1.82, 2.24) is 4.90 Å². The number of rotatable bonds is 2. The molecule has 3 rings (SSSR count). The SMILES string of the molecule is CO[C@]1(C)CCCN(C(=O)c2cc3cc(F)ccc3s2)CC1. The van der Waals surface area contributed by atoms with E-state index in [1.165, 1.54) is 23.5 Å². The van der Waals surface area contributed by atoms with Crippen LogP contribution in [0, 0.1) is 5.82 Å². The topological polar surface area (TPSA) is 29.5 Å². The molecule has 1 aromatic carbocycles. The number of halogens is 1. The van der Waals surface area contributed by atoms with E-state index in [2.05, 4.69) is 6.92 Å². The lowest BCUT2D eigenvalue weighted by Gasteiger charge is -2.26. The van der Waals surface area contributed by atoms with Gasteiger partial charge in [-0.25, -0.2) is 4.39 Å². The average molecular weight is 321 g/mol. The molecule has 0 radical (unpaired) electrons. The Morgan fingerprint density at radius 1 is 1.32 bits per heavy atom. The summed E-state index contributed by atoms with van der Waals surface area (Å²) < 4.78 is 19.8. The van der Waals surface area contributed by atoms with Gasteiger partial charge in [-0.1, -0.05) is 0 Å². The van der Waals surface area contributed by atoms with Crippen LogP contribution in [0.5, 0.6) is 0 Å². The first-order chi connectivity index (χ1) is 10.5. The Kier molecular flexibility index (Phi) is 4.19. The minimum absolute atomic E-state index is 0.0435. The molecule has 0 N–H and O–H groups in total. The molecule has 0 spiro atoms. The second-order valence-corrected chi connectivity index (χ2v) is 7.18. The summed E-state index contributed by atoms with van der Waals surface area (Å²) in [4.78, 5) is 15.3. The fraction of sp³-hybridized carbons (Fsp3) is 0.471. The van der Waals surface area contributed by atoms with Crippen LogP contribution in [0.4, 0.5) is 4.39 Å². The number of hydrogen-bond acceptors (Lipinski definition) is 3. The van der Waals surface area contributed by atoms with Crippen molar-refractivity contribution >= 4 is 27.3 Å². The first kappa shape index (κ1) is 15.4. The fourth-order valence-electron chi connectivity index (χ4n) is 2.93. The Hall–Kier alpha value is -1.46. The third-order valence-electron chi connectivity index (χ3n) is 4.51. The van der Waals surface area contributed by atoms with Crippen molar-refractivity contribution in [2.45, 2.75) is 31.8 Å². The molecule has 3 nitrogen and oxygen atoms in total. The second-order valence-electron chi connectivity index (χ2n) is 6.09. The highest BCUT2D eigenvalue weighted by Gasteiger charge is 2.29. The molecule has 1 amide bonds. The molecular weight excluding hydrogens is 301 g/mol. The van der Waals surface area contributed by atoms with Crippen LogP contribution in [0.3, 0.4) is 0 Å². The highest BCUT2D eigenvalue weighted by atomic mass is 32.1. The monoisotopic (exact) mass is 321 g/mol. The first-order valence-corrected chi connectivity index (χ1v) is 8.36. The van der Waals surface area contributed by atoms with Gasteiger partial charge < -0.3 is 9.64 Å². The molecule has 2 aromatic rings. The van der Waals surface area contributed by atoms with E-state index < -0.39 is 0 Å². The Bertz CT molecular complexity index is 699. The molecule has 2 heterocycles. The summed E-state index contributed by atoms with van der Waals surface area (Å²) in [5.74, 6) is -0.225. The molecular formula is C17H20FNO2S. The molecule has 1 fully saturated rings. The summed E-state index contributed by atoms with van der Waals surface area (Å²) in [6, 6.07) is 6.44. The zero-order valence-corrected chi connectivity index (χ0v) is 13.7. The summed E-state index contributed by atoms with van der Waals surface area (Å²) in [7, 11) is 1.73. The minimum atomic E-state index is -0.269. The van der Waals surface area contributed by atoms with E-state index in [4.69, 9.17) is 4.74 Å². The van der Waals surface area contributed by atoms with Gasteiger partial charge in [0.15, 0.2) is 0 Å². The summed E-state index contributed by atoms with van der Waals surface area (Å²) in [6.07, 6.45) is 2.75. The summed E-state index contributed by atoms with van der Waals surface area (Å²) >= 11 is 1.43. The van der Waals surface area contributed by atoms with E-state index in [1.54, 1.807) is 19.2 Å². The van der Waals surface area contributed by atoms with E-state index in [-0.39, 0.29) is 17.3 Å². The van der Waals surface area contributed by atoms with Crippen molar-refractivity contribution in [1.29, 1.82) is 0 Å². The highest BCUT2D eigenvalue weighted by Crippen LogP contribution is 2.29.